The highest BCUT2D eigenvalue weighted by atomic mass is 16.3. The summed E-state index contributed by atoms with van der Waals surface area (Å²) in [6.07, 6.45) is 5.21. The molecule has 2 atom stereocenters. The molecule has 0 spiro atoms. The molecular weight excluding hydrogens is 268 g/mol. The predicted molar refractivity (Wildman–Crippen MR) is 89.7 cm³/mol. The maximum Gasteiger partial charge on any atom is 0.111 e. The minimum Gasteiger partial charge on any atom is -0.469 e. The summed E-state index contributed by atoms with van der Waals surface area (Å²) in [6, 6.07) is 25.5. The van der Waals surface area contributed by atoms with Crippen molar-refractivity contribution in [2.75, 3.05) is 0 Å². The molecular formula is C21H18O. The van der Waals surface area contributed by atoms with Gasteiger partial charge in [-0.15, -0.1) is 0 Å². The Morgan fingerprint density at radius 3 is 2.18 bits per heavy atom. The van der Waals surface area contributed by atoms with Gasteiger partial charge in [-0.3, -0.25) is 0 Å². The van der Waals surface area contributed by atoms with E-state index in [9.17, 15) is 0 Å². The Morgan fingerprint density at radius 1 is 0.773 bits per heavy atom. The summed E-state index contributed by atoms with van der Waals surface area (Å²) in [7, 11) is 0. The van der Waals surface area contributed by atoms with Crippen LogP contribution in [-0.4, -0.2) is 0 Å². The van der Waals surface area contributed by atoms with Gasteiger partial charge in [0.15, 0.2) is 0 Å². The lowest BCUT2D eigenvalue weighted by molar-refractivity contribution is 0.467. The van der Waals surface area contributed by atoms with E-state index in [2.05, 4.69) is 72.8 Å². The minimum atomic E-state index is 0.313. The van der Waals surface area contributed by atoms with Gasteiger partial charge in [-0.05, 0) is 35.3 Å². The molecule has 1 aromatic heterocycles. The Bertz CT molecular complexity index is 754. The summed E-state index contributed by atoms with van der Waals surface area (Å²) in [4.78, 5) is 0. The van der Waals surface area contributed by atoms with Gasteiger partial charge in [0.25, 0.3) is 0 Å². The summed E-state index contributed by atoms with van der Waals surface area (Å²) in [5.74, 6) is 1.81. The van der Waals surface area contributed by atoms with E-state index in [0.29, 0.717) is 11.8 Å². The van der Waals surface area contributed by atoms with Crippen molar-refractivity contribution in [1.29, 1.82) is 0 Å². The Morgan fingerprint density at radius 2 is 1.50 bits per heavy atom. The molecule has 0 fully saturated rings. The largest absolute Gasteiger partial charge is 0.469 e. The zero-order valence-corrected chi connectivity index (χ0v) is 12.4. The number of furan rings is 1. The maximum absolute atomic E-state index is 5.71. The van der Waals surface area contributed by atoms with Crippen LogP contribution in [-0.2, 0) is 0 Å². The van der Waals surface area contributed by atoms with E-state index in [1.54, 1.807) is 6.26 Å². The lowest BCUT2D eigenvalue weighted by Gasteiger charge is -2.18. The highest BCUT2D eigenvalue weighted by molar-refractivity contribution is 5.70. The zero-order chi connectivity index (χ0) is 14.8. The van der Waals surface area contributed by atoms with Gasteiger partial charge in [-0.2, -0.15) is 0 Å². The molecule has 2 aromatic carbocycles. The molecule has 22 heavy (non-hydrogen) atoms. The molecule has 0 amide bonds. The van der Waals surface area contributed by atoms with Crippen molar-refractivity contribution in [2.24, 2.45) is 0 Å². The average molecular weight is 286 g/mol. The number of hydrogen-bond donors (Lipinski definition) is 0. The Kier molecular flexibility index (Phi) is 3.40. The second-order valence-electron chi connectivity index (χ2n) is 5.82. The lowest BCUT2D eigenvalue weighted by atomic mass is 9.86. The van der Waals surface area contributed by atoms with E-state index in [4.69, 9.17) is 4.42 Å². The molecule has 3 aromatic rings. The van der Waals surface area contributed by atoms with Crippen LogP contribution in [0.4, 0.5) is 0 Å². The van der Waals surface area contributed by atoms with Gasteiger partial charge in [-0.25, -0.2) is 0 Å². The molecule has 0 aliphatic heterocycles. The van der Waals surface area contributed by atoms with Crippen LogP contribution < -0.4 is 0 Å². The summed E-state index contributed by atoms with van der Waals surface area (Å²) in [5.41, 5.74) is 4.11. The van der Waals surface area contributed by atoms with E-state index >= 15 is 0 Å². The number of rotatable bonds is 3. The molecule has 2 unspecified atom stereocenters. The molecule has 108 valence electrons. The van der Waals surface area contributed by atoms with E-state index < -0.39 is 0 Å². The summed E-state index contributed by atoms with van der Waals surface area (Å²) in [6.45, 7) is 0. The van der Waals surface area contributed by atoms with Crippen molar-refractivity contribution in [3.8, 4) is 0 Å². The topological polar surface area (TPSA) is 13.1 Å². The lowest BCUT2D eigenvalue weighted by Crippen LogP contribution is -2.04. The van der Waals surface area contributed by atoms with Crippen LogP contribution in [0.25, 0.3) is 5.57 Å². The molecule has 1 heterocycles. The molecule has 0 radical (unpaired) electrons. The SMILES string of the molecule is C1=C(c2ccccc2)CC(c2ccccc2)C1c1ccco1. The molecule has 1 aliphatic rings. The Balaban J connectivity index is 1.74. The Hall–Kier alpha value is -2.54. The molecule has 1 aliphatic carbocycles. The molecule has 4 rings (SSSR count). The van der Waals surface area contributed by atoms with Crippen LogP contribution in [0.3, 0.4) is 0 Å². The molecule has 1 nitrogen and oxygen atoms in total. The minimum absolute atomic E-state index is 0.313. The van der Waals surface area contributed by atoms with Gasteiger partial charge < -0.3 is 4.42 Å². The number of benzene rings is 2. The van der Waals surface area contributed by atoms with E-state index in [1.165, 1.54) is 16.7 Å². The van der Waals surface area contributed by atoms with Crippen LogP contribution in [0, 0.1) is 0 Å². The van der Waals surface area contributed by atoms with Crippen LogP contribution >= 0.6 is 0 Å². The molecule has 0 bridgehead atoms. The normalized spacial score (nSPS) is 20.8. The van der Waals surface area contributed by atoms with Crippen molar-refractivity contribution in [1.82, 2.24) is 0 Å². The van der Waals surface area contributed by atoms with Gasteiger partial charge in [0, 0.05) is 11.8 Å². The standard InChI is InChI=1S/C21H18O/c1-3-8-16(9-4-1)18-14-19(17-10-5-2-6-11-17)20(15-18)21-12-7-13-22-21/h1-13,15,19-20H,14H2. The van der Waals surface area contributed by atoms with E-state index in [-0.39, 0.29) is 0 Å². The summed E-state index contributed by atoms with van der Waals surface area (Å²) in [5, 5.41) is 0. The fraction of sp³-hybridized carbons (Fsp3) is 0.143. The highest BCUT2D eigenvalue weighted by Gasteiger charge is 2.32. The van der Waals surface area contributed by atoms with Crippen LogP contribution in [0.15, 0.2) is 89.6 Å². The first-order valence-corrected chi connectivity index (χ1v) is 7.76. The third-order valence-corrected chi connectivity index (χ3v) is 4.50. The average Bonchev–Trinajstić information content (AvgIpc) is 3.26. The molecule has 1 heteroatoms. The second kappa shape index (κ2) is 5.69. The monoisotopic (exact) mass is 286 g/mol. The first-order valence-electron chi connectivity index (χ1n) is 7.76. The third kappa shape index (κ3) is 2.39. The van der Waals surface area contributed by atoms with Gasteiger partial charge in [0.05, 0.1) is 6.26 Å². The predicted octanol–water partition coefficient (Wildman–Crippen LogP) is 5.63. The van der Waals surface area contributed by atoms with Crippen molar-refractivity contribution < 1.29 is 4.42 Å². The highest BCUT2D eigenvalue weighted by Crippen LogP contribution is 2.47. The third-order valence-electron chi connectivity index (χ3n) is 4.50. The molecule has 0 saturated heterocycles. The molecule has 0 saturated carbocycles. The summed E-state index contributed by atoms with van der Waals surface area (Å²) >= 11 is 0. The van der Waals surface area contributed by atoms with Crippen molar-refractivity contribution in [3.05, 3.63) is 102 Å². The second-order valence-corrected chi connectivity index (χ2v) is 5.82. The van der Waals surface area contributed by atoms with Gasteiger partial charge in [0.1, 0.15) is 5.76 Å². The van der Waals surface area contributed by atoms with Gasteiger partial charge >= 0.3 is 0 Å². The molecule has 0 N–H and O–H groups in total. The van der Waals surface area contributed by atoms with E-state index in [0.717, 1.165) is 12.2 Å². The van der Waals surface area contributed by atoms with Crippen molar-refractivity contribution >= 4 is 5.57 Å². The Labute approximate surface area is 130 Å². The van der Waals surface area contributed by atoms with Crippen LogP contribution in [0.5, 0.6) is 0 Å². The smallest absolute Gasteiger partial charge is 0.111 e. The number of hydrogen-bond acceptors (Lipinski definition) is 1. The quantitative estimate of drug-likeness (QED) is 0.607. The van der Waals surface area contributed by atoms with Crippen LogP contribution in [0.2, 0.25) is 0 Å². The first kappa shape index (κ1) is 13.1. The first-order chi connectivity index (χ1) is 10.9. The van der Waals surface area contributed by atoms with Gasteiger partial charge in [-0.1, -0.05) is 66.7 Å². The van der Waals surface area contributed by atoms with Gasteiger partial charge in [0.2, 0.25) is 0 Å². The fourth-order valence-corrected chi connectivity index (χ4v) is 3.42. The van der Waals surface area contributed by atoms with Crippen LogP contribution in [0.1, 0.15) is 35.1 Å². The summed E-state index contributed by atoms with van der Waals surface area (Å²) < 4.78 is 5.71. The number of allylic oxidation sites excluding steroid dienone is 2. The maximum atomic E-state index is 5.71. The van der Waals surface area contributed by atoms with E-state index in [1.807, 2.05) is 6.07 Å². The fourth-order valence-electron chi connectivity index (χ4n) is 3.42. The van der Waals surface area contributed by atoms with Crippen molar-refractivity contribution in [2.45, 2.75) is 18.3 Å². The van der Waals surface area contributed by atoms with Crippen molar-refractivity contribution in [3.63, 3.8) is 0 Å². The zero-order valence-electron chi connectivity index (χ0n) is 12.4.